The zero-order chi connectivity index (χ0) is 14.0. The van der Waals surface area contributed by atoms with Crippen LogP contribution < -0.4 is 5.73 Å². The van der Waals surface area contributed by atoms with E-state index in [0.717, 1.165) is 12.5 Å². The molecular weight excluding hydrogens is 250 g/mol. The maximum atomic E-state index is 13.5. The SMILES string of the molecule is CC(N)C1CCN(C(=O)Cc2ccc(F)cc2F)C1. The Hall–Kier alpha value is -1.49. The van der Waals surface area contributed by atoms with E-state index in [1.807, 2.05) is 6.92 Å². The standard InChI is InChI=1S/C14H18F2N2O/c1-9(17)11-4-5-18(8-11)14(19)6-10-2-3-12(15)7-13(10)16/h2-3,7,9,11H,4-6,8,17H2,1H3. The third-order valence-electron chi connectivity index (χ3n) is 3.68. The number of hydrogen-bond acceptors (Lipinski definition) is 2. The lowest BCUT2D eigenvalue weighted by Gasteiger charge is -2.18. The fourth-order valence-electron chi connectivity index (χ4n) is 2.38. The summed E-state index contributed by atoms with van der Waals surface area (Å²) in [5.74, 6) is -1.13. The maximum absolute atomic E-state index is 13.5. The number of amides is 1. The van der Waals surface area contributed by atoms with Gasteiger partial charge in [0.15, 0.2) is 0 Å². The van der Waals surface area contributed by atoms with E-state index in [1.165, 1.54) is 12.1 Å². The predicted octanol–water partition coefficient (Wildman–Crippen LogP) is 1.70. The van der Waals surface area contributed by atoms with E-state index in [-0.39, 0.29) is 23.9 Å². The third kappa shape index (κ3) is 3.29. The lowest BCUT2D eigenvalue weighted by Crippen LogP contribution is -2.33. The van der Waals surface area contributed by atoms with E-state index in [0.29, 0.717) is 19.0 Å². The molecule has 1 fully saturated rings. The van der Waals surface area contributed by atoms with Crippen LogP contribution in [0.1, 0.15) is 18.9 Å². The lowest BCUT2D eigenvalue weighted by molar-refractivity contribution is -0.129. The predicted molar refractivity (Wildman–Crippen MR) is 68.4 cm³/mol. The highest BCUT2D eigenvalue weighted by Crippen LogP contribution is 2.20. The summed E-state index contributed by atoms with van der Waals surface area (Å²) in [6.07, 6.45) is 0.854. The molecule has 0 bridgehead atoms. The van der Waals surface area contributed by atoms with Crippen molar-refractivity contribution in [3.63, 3.8) is 0 Å². The summed E-state index contributed by atoms with van der Waals surface area (Å²) < 4.78 is 26.2. The van der Waals surface area contributed by atoms with Crippen LogP contribution in [0, 0.1) is 17.6 Å². The van der Waals surface area contributed by atoms with E-state index in [1.54, 1.807) is 4.90 Å². The third-order valence-corrected chi connectivity index (χ3v) is 3.68. The number of benzene rings is 1. The topological polar surface area (TPSA) is 46.3 Å². The van der Waals surface area contributed by atoms with Crippen LogP contribution >= 0.6 is 0 Å². The number of likely N-dealkylation sites (tertiary alicyclic amines) is 1. The van der Waals surface area contributed by atoms with Gasteiger partial charge in [-0.25, -0.2) is 8.78 Å². The zero-order valence-electron chi connectivity index (χ0n) is 10.9. The van der Waals surface area contributed by atoms with Crippen molar-refractivity contribution in [2.75, 3.05) is 13.1 Å². The average molecular weight is 268 g/mol. The summed E-state index contributed by atoms with van der Waals surface area (Å²) in [5.41, 5.74) is 6.05. The molecule has 0 aromatic heterocycles. The number of hydrogen-bond donors (Lipinski definition) is 1. The van der Waals surface area contributed by atoms with Gasteiger partial charge in [-0.05, 0) is 30.9 Å². The first kappa shape index (κ1) is 13.9. The second-order valence-electron chi connectivity index (χ2n) is 5.16. The number of carbonyl (C=O) groups is 1. The molecule has 1 heterocycles. The minimum atomic E-state index is -0.670. The fourth-order valence-corrected chi connectivity index (χ4v) is 2.38. The number of nitrogens with two attached hydrogens (primary N) is 1. The summed E-state index contributed by atoms with van der Waals surface area (Å²) in [6, 6.07) is 3.35. The number of carbonyl (C=O) groups excluding carboxylic acids is 1. The minimum absolute atomic E-state index is 0.0300. The first-order valence-electron chi connectivity index (χ1n) is 6.44. The Balaban J connectivity index is 1.98. The zero-order valence-corrected chi connectivity index (χ0v) is 10.9. The van der Waals surface area contributed by atoms with Crippen LogP contribution in [0.3, 0.4) is 0 Å². The van der Waals surface area contributed by atoms with Crippen molar-refractivity contribution < 1.29 is 13.6 Å². The van der Waals surface area contributed by atoms with Gasteiger partial charge in [-0.1, -0.05) is 6.07 Å². The van der Waals surface area contributed by atoms with Gasteiger partial charge in [0.05, 0.1) is 6.42 Å². The number of rotatable bonds is 3. The summed E-state index contributed by atoms with van der Waals surface area (Å²) >= 11 is 0. The Morgan fingerprint density at radius 1 is 1.53 bits per heavy atom. The summed E-state index contributed by atoms with van der Waals surface area (Å²) in [5, 5.41) is 0. The van der Waals surface area contributed by atoms with Gasteiger partial charge in [-0.15, -0.1) is 0 Å². The second-order valence-corrected chi connectivity index (χ2v) is 5.16. The second kappa shape index (κ2) is 5.65. The van der Waals surface area contributed by atoms with Gasteiger partial charge in [0.25, 0.3) is 0 Å². The molecule has 1 amide bonds. The van der Waals surface area contributed by atoms with Crippen molar-refractivity contribution in [1.82, 2.24) is 4.90 Å². The molecule has 1 aliphatic heterocycles. The molecule has 3 nitrogen and oxygen atoms in total. The number of halogens is 2. The molecule has 5 heteroatoms. The minimum Gasteiger partial charge on any atom is -0.342 e. The van der Waals surface area contributed by atoms with Crippen LogP contribution in [0.15, 0.2) is 18.2 Å². The van der Waals surface area contributed by atoms with Gasteiger partial charge < -0.3 is 10.6 Å². The first-order chi connectivity index (χ1) is 8.97. The normalized spacial score (nSPS) is 20.6. The molecule has 2 unspecified atom stereocenters. The van der Waals surface area contributed by atoms with Crippen LogP contribution in [0.5, 0.6) is 0 Å². The van der Waals surface area contributed by atoms with Crippen LogP contribution in [0.25, 0.3) is 0 Å². The highest BCUT2D eigenvalue weighted by Gasteiger charge is 2.28. The molecule has 2 N–H and O–H groups in total. The summed E-state index contributed by atoms with van der Waals surface area (Å²) in [6.45, 7) is 3.21. The van der Waals surface area contributed by atoms with E-state index < -0.39 is 11.6 Å². The highest BCUT2D eigenvalue weighted by atomic mass is 19.1. The van der Waals surface area contributed by atoms with Gasteiger partial charge in [0, 0.05) is 25.2 Å². The molecule has 104 valence electrons. The van der Waals surface area contributed by atoms with E-state index in [2.05, 4.69) is 0 Å². The molecule has 0 spiro atoms. The van der Waals surface area contributed by atoms with Gasteiger partial charge in [0.2, 0.25) is 5.91 Å². The van der Waals surface area contributed by atoms with Crippen molar-refractivity contribution in [3.05, 3.63) is 35.4 Å². The monoisotopic (exact) mass is 268 g/mol. The Labute approximate surface area is 111 Å². The molecule has 1 aromatic carbocycles. The summed E-state index contributed by atoms with van der Waals surface area (Å²) in [7, 11) is 0. The maximum Gasteiger partial charge on any atom is 0.227 e. The smallest absolute Gasteiger partial charge is 0.227 e. The fraction of sp³-hybridized carbons (Fsp3) is 0.500. The quantitative estimate of drug-likeness (QED) is 0.907. The van der Waals surface area contributed by atoms with Gasteiger partial charge in [-0.3, -0.25) is 4.79 Å². The molecule has 1 aromatic rings. The molecular formula is C14H18F2N2O. The van der Waals surface area contributed by atoms with Crippen molar-refractivity contribution in [2.45, 2.75) is 25.8 Å². The van der Waals surface area contributed by atoms with Crippen LogP contribution in [0.2, 0.25) is 0 Å². The highest BCUT2D eigenvalue weighted by molar-refractivity contribution is 5.79. The Kier molecular flexibility index (Phi) is 4.14. The summed E-state index contributed by atoms with van der Waals surface area (Å²) in [4.78, 5) is 13.7. The molecule has 0 radical (unpaired) electrons. The molecule has 1 saturated heterocycles. The van der Waals surface area contributed by atoms with Crippen molar-refractivity contribution >= 4 is 5.91 Å². The number of nitrogens with zero attached hydrogens (tertiary/aromatic N) is 1. The Morgan fingerprint density at radius 3 is 2.84 bits per heavy atom. The van der Waals surface area contributed by atoms with Crippen LogP contribution in [-0.4, -0.2) is 29.9 Å². The Morgan fingerprint density at radius 2 is 2.26 bits per heavy atom. The molecule has 0 aliphatic carbocycles. The molecule has 2 atom stereocenters. The van der Waals surface area contributed by atoms with Crippen molar-refractivity contribution in [1.29, 1.82) is 0 Å². The lowest BCUT2D eigenvalue weighted by atomic mass is 10.0. The molecule has 0 saturated carbocycles. The van der Waals surface area contributed by atoms with Crippen molar-refractivity contribution in [2.24, 2.45) is 11.7 Å². The van der Waals surface area contributed by atoms with Crippen LogP contribution in [-0.2, 0) is 11.2 Å². The van der Waals surface area contributed by atoms with Crippen molar-refractivity contribution in [3.8, 4) is 0 Å². The van der Waals surface area contributed by atoms with E-state index in [4.69, 9.17) is 5.73 Å². The first-order valence-corrected chi connectivity index (χ1v) is 6.44. The Bertz CT molecular complexity index is 477. The largest absolute Gasteiger partial charge is 0.342 e. The average Bonchev–Trinajstić information content (AvgIpc) is 2.82. The van der Waals surface area contributed by atoms with E-state index >= 15 is 0 Å². The van der Waals surface area contributed by atoms with Gasteiger partial charge in [0.1, 0.15) is 11.6 Å². The van der Waals surface area contributed by atoms with Gasteiger partial charge in [-0.2, -0.15) is 0 Å². The van der Waals surface area contributed by atoms with Gasteiger partial charge >= 0.3 is 0 Å². The molecule has 19 heavy (non-hydrogen) atoms. The van der Waals surface area contributed by atoms with E-state index in [9.17, 15) is 13.6 Å². The van der Waals surface area contributed by atoms with Crippen LogP contribution in [0.4, 0.5) is 8.78 Å². The molecule has 1 aliphatic rings. The molecule has 2 rings (SSSR count).